The minimum Gasteiger partial charge on any atom is -0.493 e. The molecular formula is C19H17ClN2O4. The van der Waals surface area contributed by atoms with Gasteiger partial charge in [-0.2, -0.15) is 0 Å². The minimum absolute atomic E-state index is 0.182. The van der Waals surface area contributed by atoms with Gasteiger partial charge < -0.3 is 19.3 Å². The quantitative estimate of drug-likeness (QED) is 0.709. The molecule has 0 radical (unpaired) electrons. The molecule has 7 heteroatoms. The maximum Gasteiger partial charge on any atom is 0.273 e. The molecular weight excluding hydrogens is 356 g/mol. The highest BCUT2D eigenvalue weighted by molar-refractivity contribution is 6.31. The van der Waals surface area contributed by atoms with Crippen LogP contribution in [-0.4, -0.2) is 25.3 Å². The van der Waals surface area contributed by atoms with Crippen molar-refractivity contribution < 1.29 is 18.8 Å². The molecule has 0 aliphatic carbocycles. The summed E-state index contributed by atoms with van der Waals surface area (Å²) in [5.74, 6) is 1.27. The topological polar surface area (TPSA) is 73.6 Å². The first-order chi connectivity index (χ1) is 12.6. The van der Waals surface area contributed by atoms with Gasteiger partial charge in [-0.3, -0.25) is 4.79 Å². The lowest BCUT2D eigenvalue weighted by atomic mass is 10.1. The van der Waals surface area contributed by atoms with Crippen LogP contribution in [0.3, 0.4) is 0 Å². The van der Waals surface area contributed by atoms with E-state index in [1.807, 2.05) is 18.2 Å². The van der Waals surface area contributed by atoms with Crippen molar-refractivity contribution in [1.29, 1.82) is 0 Å². The highest BCUT2D eigenvalue weighted by atomic mass is 35.5. The highest BCUT2D eigenvalue weighted by Crippen LogP contribution is 2.32. The predicted molar refractivity (Wildman–Crippen MR) is 97.7 cm³/mol. The summed E-state index contributed by atoms with van der Waals surface area (Å²) < 4.78 is 15.8. The SMILES string of the molecule is COc1ccc(-c2cc(C(=O)NCc3ccccc3Cl)no2)cc1OC. The Labute approximate surface area is 155 Å². The Hall–Kier alpha value is -2.99. The van der Waals surface area contributed by atoms with E-state index < -0.39 is 0 Å². The molecule has 0 unspecified atom stereocenters. The molecule has 0 spiro atoms. The van der Waals surface area contributed by atoms with Gasteiger partial charge in [0, 0.05) is 23.2 Å². The number of rotatable bonds is 6. The molecule has 0 fully saturated rings. The second kappa shape index (κ2) is 7.93. The lowest BCUT2D eigenvalue weighted by molar-refractivity contribution is 0.0942. The van der Waals surface area contributed by atoms with E-state index in [1.165, 1.54) is 0 Å². The van der Waals surface area contributed by atoms with Crippen molar-refractivity contribution >= 4 is 17.5 Å². The number of hydrogen-bond acceptors (Lipinski definition) is 5. The van der Waals surface area contributed by atoms with Gasteiger partial charge in [0.2, 0.25) is 0 Å². The van der Waals surface area contributed by atoms with Crippen molar-refractivity contribution in [2.75, 3.05) is 14.2 Å². The van der Waals surface area contributed by atoms with E-state index in [2.05, 4.69) is 10.5 Å². The number of halogens is 1. The molecule has 0 atom stereocenters. The molecule has 0 saturated carbocycles. The Morgan fingerprint density at radius 2 is 1.88 bits per heavy atom. The Kier molecular flexibility index (Phi) is 5.43. The van der Waals surface area contributed by atoms with Crippen LogP contribution in [0.2, 0.25) is 5.02 Å². The molecule has 0 saturated heterocycles. The van der Waals surface area contributed by atoms with Crippen LogP contribution in [0.15, 0.2) is 53.1 Å². The molecule has 2 aromatic carbocycles. The van der Waals surface area contributed by atoms with Gasteiger partial charge in [0.1, 0.15) is 0 Å². The zero-order chi connectivity index (χ0) is 18.5. The normalized spacial score (nSPS) is 10.4. The maximum atomic E-state index is 12.3. The smallest absolute Gasteiger partial charge is 0.273 e. The molecule has 1 heterocycles. The molecule has 0 aliphatic rings. The molecule has 0 bridgehead atoms. The van der Waals surface area contributed by atoms with E-state index >= 15 is 0 Å². The van der Waals surface area contributed by atoms with Crippen LogP contribution in [0.25, 0.3) is 11.3 Å². The number of carbonyl (C=O) groups excluding carboxylic acids is 1. The summed E-state index contributed by atoms with van der Waals surface area (Å²) in [4.78, 5) is 12.3. The first-order valence-corrected chi connectivity index (χ1v) is 8.21. The highest BCUT2D eigenvalue weighted by Gasteiger charge is 2.15. The van der Waals surface area contributed by atoms with Crippen LogP contribution in [0.4, 0.5) is 0 Å². The van der Waals surface area contributed by atoms with E-state index in [9.17, 15) is 4.79 Å². The summed E-state index contributed by atoms with van der Waals surface area (Å²) in [5, 5.41) is 7.20. The molecule has 1 aromatic heterocycles. The molecule has 6 nitrogen and oxygen atoms in total. The first kappa shape index (κ1) is 17.8. The van der Waals surface area contributed by atoms with Gasteiger partial charge in [-0.15, -0.1) is 0 Å². The fourth-order valence-corrected chi connectivity index (χ4v) is 2.62. The molecule has 3 aromatic rings. The number of benzene rings is 2. The number of nitrogens with zero attached hydrogens (tertiary/aromatic N) is 1. The standard InChI is InChI=1S/C19H17ClN2O4/c1-24-16-8-7-12(9-18(16)25-2)17-10-15(22-26-17)19(23)21-11-13-5-3-4-6-14(13)20/h3-10H,11H2,1-2H3,(H,21,23). The second-order valence-electron chi connectivity index (χ2n) is 5.42. The Morgan fingerprint density at radius 1 is 1.12 bits per heavy atom. The van der Waals surface area contributed by atoms with Gasteiger partial charge in [-0.25, -0.2) is 0 Å². The molecule has 1 amide bonds. The zero-order valence-corrected chi connectivity index (χ0v) is 15.0. The van der Waals surface area contributed by atoms with E-state index in [4.69, 9.17) is 25.6 Å². The zero-order valence-electron chi connectivity index (χ0n) is 14.3. The average molecular weight is 373 g/mol. The maximum absolute atomic E-state index is 12.3. The van der Waals surface area contributed by atoms with Crippen LogP contribution < -0.4 is 14.8 Å². The third-order valence-electron chi connectivity index (χ3n) is 3.81. The lowest BCUT2D eigenvalue weighted by Crippen LogP contribution is -2.23. The van der Waals surface area contributed by atoms with Crippen LogP contribution >= 0.6 is 11.6 Å². The molecule has 134 valence electrons. The predicted octanol–water partition coefficient (Wildman–Crippen LogP) is 3.94. The van der Waals surface area contributed by atoms with E-state index in [-0.39, 0.29) is 11.6 Å². The second-order valence-corrected chi connectivity index (χ2v) is 5.83. The Bertz CT molecular complexity index is 923. The fourth-order valence-electron chi connectivity index (χ4n) is 2.42. The number of hydrogen-bond donors (Lipinski definition) is 1. The van der Waals surface area contributed by atoms with E-state index in [0.29, 0.717) is 28.8 Å². The van der Waals surface area contributed by atoms with Gasteiger partial charge in [0.25, 0.3) is 5.91 Å². The largest absolute Gasteiger partial charge is 0.493 e. The number of amides is 1. The van der Waals surface area contributed by atoms with Crippen molar-refractivity contribution in [3.05, 3.63) is 64.8 Å². The number of aromatic nitrogens is 1. The van der Waals surface area contributed by atoms with Crippen LogP contribution in [0.1, 0.15) is 16.1 Å². The number of ether oxygens (including phenoxy) is 2. The third-order valence-corrected chi connectivity index (χ3v) is 4.18. The molecule has 1 N–H and O–H groups in total. The van der Waals surface area contributed by atoms with E-state index in [0.717, 1.165) is 11.1 Å². The summed E-state index contributed by atoms with van der Waals surface area (Å²) in [5.41, 5.74) is 1.73. The lowest BCUT2D eigenvalue weighted by Gasteiger charge is -2.07. The van der Waals surface area contributed by atoms with Crippen molar-refractivity contribution in [1.82, 2.24) is 10.5 Å². The van der Waals surface area contributed by atoms with Gasteiger partial charge in [0.15, 0.2) is 23.0 Å². The monoisotopic (exact) mass is 372 g/mol. The van der Waals surface area contributed by atoms with Crippen molar-refractivity contribution in [3.8, 4) is 22.8 Å². The van der Waals surface area contributed by atoms with Crippen molar-refractivity contribution in [2.45, 2.75) is 6.54 Å². The molecule has 0 aliphatic heterocycles. The first-order valence-electron chi connectivity index (χ1n) is 7.83. The number of methoxy groups -OCH3 is 2. The molecule has 3 rings (SSSR count). The summed E-state index contributed by atoms with van der Waals surface area (Å²) >= 11 is 6.08. The van der Waals surface area contributed by atoms with Crippen LogP contribution in [-0.2, 0) is 6.54 Å². The Morgan fingerprint density at radius 3 is 2.62 bits per heavy atom. The van der Waals surface area contributed by atoms with Crippen LogP contribution in [0, 0.1) is 0 Å². The van der Waals surface area contributed by atoms with Gasteiger partial charge in [-0.1, -0.05) is 35.0 Å². The summed E-state index contributed by atoms with van der Waals surface area (Å²) in [6, 6.07) is 14.2. The third kappa shape index (κ3) is 3.81. The minimum atomic E-state index is -0.347. The van der Waals surface area contributed by atoms with E-state index in [1.54, 1.807) is 44.6 Å². The average Bonchev–Trinajstić information content (AvgIpc) is 3.17. The fraction of sp³-hybridized carbons (Fsp3) is 0.158. The van der Waals surface area contributed by atoms with Crippen molar-refractivity contribution in [3.63, 3.8) is 0 Å². The number of nitrogens with one attached hydrogen (secondary N) is 1. The molecule has 26 heavy (non-hydrogen) atoms. The van der Waals surface area contributed by atoms with Gasteiger partial charge in [-0.05, 0) is 29.8 Å². The summed E-state index contributed by atoms with van der Waals surface area (Å²) in [6.45, 7) is 0.303. The number of carbonyl (C=O) groups is 1. The van der Waals surface area contributed by atoms with Gasteiger partial charge >= 0.3 is 0 Å². The Balaban J connectivity index is 1.73. The van der Waals surface area contributed by atoms with Gasteiger partial charge in [0.05, 0.1) is 14.2 Å². The summed E-state index contributed by atoms with van der Waals surface area (Å²) in [6.07, 6.45) is 0. The van der Waals surface area contributed by atoms with Crippen molar-refractivity contribution in [2.24, 2.45) is 0 Å². The summed E-state index contributed by atoms with van der Waals surface area (Å²) in [7, 11) is 3.11. The van der Waals surface area contributed by atoms with Crippen LogP contribution in [0.5, 0.6) is 11.5 Å².